The Morgan fingerprint density at radius 1 is 0.451 bits per heavy atom. The highest BCUT2D eigenvalue weighted by atomic mass is 16.5. The Hall–Kier alpha value is -5.62. The summed E-state index contributed by atoms with van der Waals surface area (Å²) >= 11 is 0. The molecule has 7 aromatic carbocycles. The van der Waals surface area contributed by atoms with Crippen molar-refractivity contribution in [1.82, 2.24) is 9.97 Å². The second-order valence-corrected chi connectivity index (χ2v) is 14.3. The van der Waals surface area contributed by atoms with Crippen LogP contribution in [-0.4, -0.2) is 33.8 Å². The van der Waals surface area contributed by atoms with Crippen molar-refractivity contribution in [1.29, 1.82) is 0 Å². The summed E-state index contributed by atoms with van der Waals surface area (Å²) in [6.07, 6.45) is 0. The summed E-state index contributed by atoms with van der Waals surface area (Å²) in [7, 11) is 0.236. The standard InChI is InChI=1S/C46H39BN2O2/c1-45(2,50)46(3,4)51-47-43-29-42(33-22-18-31(19-23-33)30-12-6-5-7-13-30)48-44(49-43)34-24-20-32(21-25-34)35-26-27-40-38-16-9-8-14-36(38)37-15-10-11-17-39(37)41(40)28-35/h5-29,47,50H,1-4H3. The van der Waals surface area contributed by atoms with Gasteiger partial charge in [0.25, 0.3) is 0 Å². The molecule has 0 aliphatic rings. The highest BCUT2D eigenvalue weighted by Gasteiger charge is 2.36. The van der Waals surface area contributed by atoms with Gasteiger partial charge in [0.05, 0.1) is 16.9 Å². The lowest BCUT2D eigenvalue weighted by Crippen LogP contribution is -2.49. The lowest BCUT2D eigenvalue weighted by Gasteiger charge is -2.37. The maximum atomic E-state index is 10.7. The molecule has 8 rings (SSSR count). The molecule has 0 atom stereocenters. The first-order chi connectivity index (χ1) is 24.6. The number of nitrogens with zero attached hydrogens (tertiary/aromatic N) is 2. The van der Waals surface area contributed by atoms with E-state index in [4.69, 9.17) is 14.6 Å². The molecule has 0 bridgehead atoms. The molecule has 4 nitrogen and oxygen atoms in total. The molecule has 0 aliphatic heterocycles. The minimum absolute atomic E-state index is 0.236. The van der Waals surface area contributed by atoms with E-state index in [1.54, 1.807) is 13.8 Å². The highest BCUT2D eigenvalue weighted by molar-refractivity contribution is 6.46. The van der Waals surface area contributed by atoms with Crippen molar-refractivity contribution in [3.8, 4) is 44.9 Å². The molecule has 0 radical (unpaired) electrons. The van der Waals surface area contributed by atoms with E-state index in [-0.39, 0.29) is 7.48 Å². The van der Waals surface area contributed by atoms with Crippen LogP contribution in [0, 0.1) is 0 Å². The smallest absolute Gasteiger partial charge is 0.329 e. The van der Waals surface area contributed by atoms with Crippen molar-refractivity contribution in [2.75, 3.05) is 0 Å². The van der Waals surface area contributed by atoms with Crippen molar-refractivity contribution in [2.45, 2.75) is 38.9 Å². The zero-order chi connectivity index (χ0) is 35.2. The summed E-state index contributed by atoms with van der Waals surface area (Å²) < 4.78 is 6.27. The van der Waals surface area contributed by atoms with Gasteiger partial charge in [0.15, 0.2) is 5.82 Å². The molecule has 0 amide bonds. The SMILES string of the molecule is CC(C)(O)C(C)(C)OBc1cc(-c2ccc(-c3ccccc3)cc2)nc(-c2ccc(-c3ccc4c5ccccc5c5ccccc5c4c3)cc2)n1. The fourth-order valence-corrected chi connectivity index (χ4v) is 6.64. The maximum Gasteiger partial charge on any atom is 0.329 e. The van der Waals surface area contributed by atoms with Crippen LogP contribution in [0.25, 0.3) is 77.2 Å². The number of aromatic nitrogens is 2. The zero-order valence-corrected chi connectivity index (χ0v) is 29.4. The average molecular weight is 663 g/mol. The lowest BCUT2D eigenvalue weighted by molar-refractivity contribution is -0.0893. The summed E-state index contributed by atoms with van der Waals surface area (Å²) in [5.74, 6) is 0.627. The van der Waals surface area contributed by atoms with Gasteiger partial charge in [0.1, 0.15) is 0 Å². The van der Waals surface area contributed by atoms with Gasteiger partial charge in [-0.3, -0.25) is 0 Å². The lowest BCUT2D eigenvalue weighted by atomic mass is 9.84. The van der Waals surface area contributed by atoms with E-state index < -0.39 is 11.2 Å². The van der Waals surface area contributed by atoms with Gasteiger partial charge < -0.3 is 9.76 Å². The molecule has 51 heavy (non-hydrogen) atoms. The third-order valence-electron chi connectivity index (χ3n) is 10.3. The summed E-state index contributed by atoms with van der Waals surface area (Å²) in [5.41, 5.74) is 6.26. The van der Waals surface area contributed by atoms with Gasteiger partial charge in [-0.15, -0.1) is 0 Å². The van der Waals surface area contributed by atoms with Crippen LogP contribution >= 0.6 is 0 Å². The van der Waals surface area contributed by atoms with Crippen LogP contribution in [0.2, 0.25) is 0 Å². The van der Waals surface area contributed by atoms with Crippen LogP contribution in [-0.2, 0) is 4.65 Å². The molecule has 0 spiro atoms. The van der Waals surface area contributed by atoms with Gasteiger partial charge in [-0.2, -0.15) is 0 Å². The number of aliphatic hydroxyl groups is 1. The quantitative estimate of drug-likeness (QED) is 0.130. The van der Waals surface area contributed by atoms with Crippen molar-refractivity contribution in [3.63, 3.8) is 0 Å². The molecule has 0 fully saturated rings. The second-order valence-electron chi connectivity index (χ2n) is 14.3. The normalized spacial score (nSPS) is 12.1. The van der Waals surface area contributed by atoms with Crippen molar-refractivity contribution < 1.29 is 9.76 Å². The van der Waals surface area contributed by atoms with Crippen molar-refractivity contribution >= 4 is 45.4 Å². The Labute approximate surface area is 299 Å². The van der Waals surface area contributed by atoms with Crippen LogP contribution < -0.4 is 5.59 Å². The fourth-order valence-electron chi connectivity index (χ4n) is 6.64. The number of fused-ring (bicyclic) bond motifs is 6. The topological polar surface area (TPSA) is 55.2 Å². The molecule has 0 unspecified atom stereocenters. The number of rotatable bonds is 8. The molecule has 1 aromatic heterocycles. The largest absolute Gasteiger partial charge is 0.425 e. The summed E-state index contributed by atoms with van der Waals surface area (Å²) in [5, 5.41) is 18.3. The van der Waals surface area contributed by atoms with Crippen LogP contribution in [0.3, 0.4) is 0 Å². The minimum atomic E-state index is -1.03. The van der Waals surface area contributed by atoms with E-state index in [0.29, 0.717) is 5.82 Å². The maximum absolute atomic E-state index is 10.7. The number of hydrogen-bond donors (Lipinski definition) is 1. The molecule has 0 saturated carbocycles. The van der Waals surface area contributed by atoms with E-state index in [2.05, 4.69) is 140 Å². The van der Waals surface area contributed by atoms with Crippen LogP contribution in [0.5, 0.6) is 0 Å². The molecule has 8 aromatic rings. The van der Waals surface area contributed by atoms with Gasteiger partial charge in [0.2, 0.25) is 0 Å². The van der Waals surface area contributed by atoms with Crippen LogP contribution in [0.1, 0.15) is 27.7 Å². The van der Waals surface area contributed by atoms with Gasteiger partial charge in [-0.25, -0.2) is 9.97 Å². The summed E-state index contributed by atoms with van der Waals surface area (Å²) in [4.78, 5) is 10.0. The van der Waals surface area contributed by atoms with E-state index in [9.17, 15) is 5.11 Å². The molecular formula is C46H39BN2O2. The first-order valence-corrected chi connectivity index (χ1v) is 17.5. The Balaban J connectivity index is 1.16. The number of hydrogen-bond acceptors (Lipinski definition) is 4. The van der Waals surface area contributed by atoms with Gasteiger partial charge in [0, 0.05) is 16.7 Å². The molecular weight excluding hydrogens is 623 g/mol. The first-order valence-electron chi connectivity index (χ1n) is 17.5. The predicted molar refractivity (Wildman–Crippen MR) is 215 cm³/mol. The van der Waals surface area contributed by atoms with E-state index in [1.165, 1.54) is 37.9 Å². The minimum Gasteiger partial charge on any atom is -0.425 e. The third-order valence-corrected chi connectivity index (χ3v) is 10.3. The van der Waals surface area contributed by atoms with Gasteiger partial charge in [-0.05, 0) is 94.4 Å². The summed E-state index contributed by atoms with van der Waals surface area (Å²) in [6.45, 7) is 7.32. The van der Waals surface area contributed by atoms with Gasteiger partial charge in [-0.1, -0.05) is 140 Å². The predicted octanol–water partition coefficient (Wildman–Crippen LogP) is 10.1. The Morgan fingerprint density at radius 3 is 1.49 bits per heavy atom. The average Bonchev–Trinajstić information content (AvgIpc) is 3.17. The monoisotopic (exact) mass is 662 g/mol. The Morgan fingerprint density at radius 2 is 0.902 bits per heavy atom. The molecule has 248 valence electrons. The van der Waals surface area contributed by atoms with Crippen LogP contribution in [0.4, 0.5) is 0 Å². The van der Waals surface area contributed by atoms with E-state index in [0.717, 1.165) is 39.1 Å². The fraction of sp³-hybridized carbons (Fsp3) is 0.130. The molecule has 1 heterocycles. The number of benzene rings is 7. The first kappa shape index (κ1) is 32.6. The van der Waals surface area contributed by atoms with E-state index in [1.807, 2.05) is 26.0 Å². The molecule has 0 saturated heterocycles. The van der Waals surface area contributed by atoms with E-state index >= 15 is 0 Å². The summed E-state index contributed by atoms with van der Waals surface area (Å²) in [6, 6.07) is 53.4. The van der Waals surface area contributed by atoms with Crippen molar-refractivity contribution in [3.05, 3.63) is 152 Å². The molecule has 5 heteroatoms. The highest BCUT2D eigenvalue weighted by Crippen LogP contribution is 2.37. The third kappa shape index (κ3) is 6.31. The zero-order valence-electron chi connectivity index (χ0n) is 29.4. The Bertz CT molecular complexity index is 2490. The molecule has 0 aliphatic carbocycles. The molecule has 1 N–H and O–H groups in total. The second kappa shape index (κ2) is 12.9. The Kier molecular flexibility index (Phi) is 8.26. The van der Waals surface area contributed by atoms with Gasteiger partial charge >= 0.3 is 7.48 Å². The van der Waals surface area contributed by atoms with Crippen molar-refractivity contribution in [2.24, 2.45) is 0 Å². The van der Waals surface area contributed by atoms with Crippen LogP contribution in [0.15, 0.2) is 152 Å².